The molecule has 0 spiro atoms. The summed E-state index contributed by atoms with van der Waals surface area (Å²) in [7, 11) is 2.21. The van der Waals surface area contributed by atoms with Crippen LogP contribution in [-0.2, 0) is 6.54 Å². The highest BCUT2D eigenvalue weighted by Crippen LogP contribution is 2.21. The van der Waals surface area contributed by atoms with Gasteiger partial charge in [0.1, 0.15) is 11.3 Å². The first-order valence-corrected chi connectivity index (χ1v) is 7.21. The van der Waals surface area contributed by atoms with Crippen LogP contribution >= 0.6 is 12.4 Å². The first-order chi connectivity index (χ1) is 9.33. The van der Waals surface area contributed by atoms with Crippen molar-refractivity contribution in [3.8, 4) is 0 Å². The van der Waals surface area contributed by atoms with E-state index in [-0.39, 0.29) is 12.4 Å². The minimum atomic E-state index is 0. The largest absolute Gasteiger partial charge is 0.460 e. The zero-order valence-corrected chi connectivity index (χ0v) is 12.8. The average molecular weight is 295 g/mol. The lowest BCUT2D eigenvalue weighted by Gasteiger charge is -2.25. The summed E-state index contributed by atoms with van der Waals surface area (Å²) in [4.78, 5) is 2.44. The van der Waals surface area contributed by atoms with Gasteiger partial charge in [-0.25, -0.2) is 0 Å². The molecule has 0 bridgehead atoms. The standard InChI is InChI=1S/C16H22N2O.ClH/c1-18(14-6-4-9-17-10-8-14)12-15-11-13-5-2-3-7-16(13)19-15;/h2-3,5,7,11,14,17H,4,6,8-10,12H2,1H3;1H. The van der Waals surface area contributed by atoms with Gasteiger partial charge in [-0.2, -0.15) is 0 Å². The highest BCUT2D eigenvalue weighted by Gasteiger charge is 2.17. The van der Waals surface area contributed by atoms with Crippen molar-refractivity contribution < 1.29 is 4.42 Å². The second-order valence-corrected chi connectivity index (χ2v) is 5.50. The molecule has 1 saturated heterocycles. The molecule has 1 aromatic carbocycles. The smallest absolute Gasteiger partial charge is 0.134 e. The Morgan fingerprint density at radius 2 is 2.10 bits per heavy atom. The van der Waals surface area contributed by atoms with Crippen molar-refractivity contribution in [2.24, 2.45) is 0 Å². The van der Waals surface area contributed by atoms with Crippen LogP contribution in [0.1, 0.15) is 25.0 Å². The Bertz CT molecular complexity index is 499. The molecule has 1 aliphatic rings. The SMILES string of the molecule is CN(Cc1cc2ccccc2o1)C1CCCNCC1.Cl. The monoisotopic (exact) mass is 294 g/mol. The van der Waals surface area contributed by atoms with Gasteiger partial charge in [-0.3, -0.25) is 4.90 Å². The number of para-hydroxylation sites is 1. The maximum atomic E-state index is 5.90. The molecule has 1 aliphatic heterocycles. The lowest BCUT2D eigenvalue weighted by Crippen LogP contribution is -2.31. The van der Waals surface area contributed by atoms with Gasteiger partial charge in [-0.15, -0.1) is 12.4 Å². The maximum absolute atomic E-state index is 5.90. The zero-order valence-electron chi connectivity index (χ0n) is 12.0. The number of rotatable bonds is 3. The molecule has 1 N–H and O–H groups in total. The zero-order chi connectivity index (χ0) is 13.1. The molecule has 3 nitrogen and oxygen atoms in total. The van der Waals surface area contributed by atoms with E-state index in [9.17, 15) is 0 Å². The second-order valence-electron chi connectivity index (χ2n) is 5.50. The summed E-state index contributed by atoms with van der Waals surface area (Å²) < 4.78 is 5.90. The van der Waals surface area contributed by atoms with E-state index in [2.05, 4.69) is 35.5 Å². The quantitative estimate of drug-likeness (QED) is 0.940. The van der Waals surface area contributed by atoms with Crippen LogP contribution in [0.15, 0.2) is 34.7 Å². The molecule has 1 aromatic heterocycles. The van der Waals surface area contributed by atoms with Crippen LogP contribution < -0.4 is 5.32 Å². The fourth-order valence-corrected chi connectivity index (χ4v) is 2.93. The van der Waals surface area contributed by atoms with Crippen molar-refractivity contribution in [2.75, 3.05) is 20.1 Å². The summed E-state index contributed by atoms with van der Waals surface area (Å²) in [6.45, 7) is 3.20. The van der Waals surface area contributed by atoms with E-state index in [1.165, 1.54) is 24.6 Å². The highest BCUT2D eigenvalue weighted by molar-refractivity contribution is 5.85. The number of halogens is 1. The predicted molar refractivity (Wildman–Crippen MR) is 85.4 cm³/mol. The van der Waals surface area contributed by atoms with Crippen molar-refractivity contribution >= 4 is 23.4 Å². The minimum Gasteiger partial charge on any atom is -0.460 e. The molecule has 20 heavy (non-hydrogen) atoms. The second kappa shape index (κ2) is 7.11. The highest BCUT2D eigenvalue weighted by atomic mass is 35.5. The van der Waals surface area contributed by atoms with Crippen molar-refractivity contribution in [2.45, 2.75) is 31.8 Å². The predicted octanol–water partition coefficient (Wildman–Crippen LogP) is 3.43. The van der Waals surface area contributed by atoms with Crippen LogP contribution in [-0.4, -0.2) is 31.1 Å². The number of benzene rings is 1. The van der Waals surface area contributed by atoms with E-state index in [0.29, 0.717) is 6.04 Å². The minimum absolute atomic E-state index is 0. The van der Waals surface area contributed by atoms with E-state index in [0.717, 1.165) is 31.0 Å². The number of hydrogen-bond donors (Lipinski definition) is 1. The molecule has 0 saturated carbocycles. The molecule has 2 heterocycles. The number of nitrogens with zero attached hydrogens (tertiary/aromatic N) is 1. The lowest BCUT2D eigenvalue weighted by atomic mass is 10.1. The Balaban J connectivity index is 0.00000147. The van der Waals surface area contributed by atoms with Crippen molar-refractivity contribution in [1.82, 2.24) is 10.2 Å². The Morgan fingerprint density at radius 3 is 2.95 bits per heavy atom. The van der Waals surface area contributed by atoms with Crippen LogP contribution in [0, 0.1) is 0 Å². The molecule has 4 heteroatoms. The number of nitrogens with one attached hydrogen (secondary N) is 1. The third-order valence-corrected chi connectivity index (χ3v) is 4.05. The summed E-state index contributed by atoms with van der Waals surface area (Å²) in [6.07, 6.45) is 3.79. The van der Waals surface area contributed by atoms with E-state index >= 15 is 0 Å². The van der Waals surface area contributed by atoms with E-state index in [1.807, 2.05) is 12.1 Å². The van der Waals surface area contributed by atoms with E-state index in [1.54, 1.807) is 0 Å². The molecule has 0 amide bonds. The molecule has 1 atom stereocenters. The van der Waals surface area contributed by atoms with Crippen molar-refractivity contribution in [3.05, 3.63) is 36.1 Å². The molecule has 110 valence electrons. The first kappa shape index (κ1) is 15.4. The van der Waals surface area contributed by atoms with Crippen molar-refractivity contribution in [3.63, 3.8) is 0 Å². The number of hydrogen-bond acceptors (Lipinski definition) is 3. The Morgan fingerprint density at radius 1 is 1.25 bits per heavy atom. The van der Waals surface area contributed by atoms with Crippen LogP contribution in [0.4, 0.5) is 0 Å². The van der Waals surface area contributed by atoms with Crippen LogP contribution in [0.2, 0.25) is 0 Å². The number of furan rings is 1. The first-order valence-electron chi connectivity index (χ1n) is 7.21. The lowest BCUT2D eigenvalue weighted by molar-refractivity contribution is 0.203. The normalized spacial score (nSPS) is 19.8. The molecule has 1 fully saturated rings. The summed E-state index contributed by atoms with van der Waals surface area (Å²) >= 11 is 0. The third kappa shape index (κ3) is 3.54. The fraction of sp³-hybridized carbons (Fsp3) is 0.500. The Kier molecular flexibility index (Phi) is 5.46. The summed E-state index contributed by atoms with van der Waals surface area (Å²) in [6, 6.07) is 11.1. The molecule has 0 aliphatic carbocycles. The van der Waals surface area contributed by atoms with Gasteiger partial charge >= 0.3 is 0 Å². The summed E-state index contributed by atoms with van der Waals surface area (Å²) in [5, 5.41) is 4.67. The average Bonchev–Trinajstić information content (AvgIpc) is 2.63. The molecule has 0 radical (unpaired) electrons. The topological polar surface area (TPSA) is 28.4 Å². The molecular formula is C16H23ClN2O. The molecule has 3 rings (SSSR count). The Hall–Kier alpha value is -1.03. The van der Waals surface area contributed by atoms with Crippen LogP contribution in [0.5, 0.6) is 0 Å². The molecule has 1 unspecified atom stereocenters. The molecule has 2 aromatic rings. The van der Waals surface area contributed by atoms with Gasteiger partial charge in [-0.1, -0.05) is 18.2 Å². The van der Waals surface area contributed by atoms with Gasteiger partial charge in [0.25, 0.3) is 0 Å². The summed E-state index contributed by atoms with van der Waals surface area (Å²) in [5.74, 6) is 1.07. The Labute approximate surface area is 126 Å². The van der Waals surface area contributed by atoms with Gasteiger partial charge in [0.2, 0.25) is 0 Å². The van der Waals surface area contributed by atoms with E-state index < -0.39 is 0 Å². The van der Waals surface area contributed by atoms with Gasteiger partial charge in [0.15, 0.2) is 0 Å². The van der Waals surface area contributed by atoms with Gasteiger partial charge < -0.3 is 9.73 Å². The van der Waals surface area contributed by atoms with Crippen LogP contribution in [0.25, 0.3) is 11.0 Å². The van der Waals surface area contributed by atoms with Crippen molar-refractivity contribution in [1.29, 1.82) is 0 Å². The van der Waals surface area contributed by atoms with Gasteiger partial charge in [0, 0.05) is 11.4 Å². The third-order valence-electron chi connectivity index (χ3n) is 4.05. The van der Waals surface area contributed by atoms with Gasteiger partial charge in [-0.05, 0) is 51.5 Å². The fourth-order valence-electron chi connectivity index (χ4n) is 2.93. The van der Waals surface area contributed by atoms with Crippen LogP contribution in [0.3, 0.4) is 0 Å². The number of fused-ring (bicyclic) bond motifs is 1. The molecular weight excluding hydrogens is 272 g/mol. The summed E-state index contributed by atoms with van der Waals surface area (Å²) in [5.41, 5.74) is 0.994. The van der Waals surface area contributed by atoms with E-state index in [4.69, 9.17) is 4.42 Å². The maximum Gasteiger partial charge on any atom is 0.134 e. The van der Waals surface area contributed by atoms with Gasteiger partial charge in [0.05, 0.1) is 6.54 Å².